The quantitative estimate of drug-likeness (QED) is 0.714. The second-order valence-corrected chi connectivity index (χ2v) is 6.11. The van der Waals surface area contributed by atoms with E-state index in [2.05, 4.69) is 0 Å². The summed E-state index contributed by atoms with van der Waals surface area (Å²) in [5.74, 6) is -1.62. The minimum absolute atomic E-state index is 0.0622. The van der Waals surface area contributed by atoms with E-state index in [1.807, 2.05) is 0 Å². The van der Waals surface area contributed by atoms with E-state index in [0.29, 0.717) is 17.1 Å². The van der Waals surface area contributed by atoms with Gasteiger partial charge in [0.1, 0.15) is 10.7 Å². The van der Waals surface area contributed by atoms with Gasteiger partial charge in [-0.2, -0.15) is 13.2 Å². The van der Waals surface area contributed by atoms with E-state index in [0.717, 1.165) is 18.2 Å². The van der Waals surface area contributed by atoms with E-state index in [-0.39, 0.29) is 16.4 Å². The molecule has 3 rings (SSSR count). The zero-order valence-electron chi connectivity index (χ0n) is 14.1. The number of para-hydroxylation sites is 1. The Morgan fingerprint density at radius 1 is 1.00 bits per heavy atom. The predicted octanol–water partition coefficient (Wildman–Crippen LogP) is 4.56. The van der Waals surface area contributed by atoms with Gasteiger partial charge in [0.15, 0.2) is 0 Å². The van der Waals surface area contributed by atoms with Gasteiger partial charge in [0, 0.05) is 12.2 Å². The van der Waals surface area contributed by atoms with Crippen LogP contribution in [-0.2, 0) is 15.8 Å². The number of rotatable bonds is 4. The Balaban J connectivity index is 2.02. The number of likely N-dealkylation sites (N-methyl/N-ethyl adjacent to an activating group) is 1. The van der Waals surface area contributed by atoms with E-state index in [4.69, 9.17) is 11.6 Å². The zero-order chi connectivity index (χ0) is 19.8. The molecule has 140 valence electrons. The summed E-state index contributed by atoms with van der Waals surface area (Å²) < 4.78 is 38.9. The molecule has 0 atom stereocenters. The van der Waals surface area contributed by atoms with Gasteiger partial charge in [0.25, 0.3) is 11.8 Å². The van der Waals surface area contributed by atoms with Crippen molar-refractivity contribution in [3.05, 3.63) is 70.9 Å². The van der Waals surface area contributed by atoms with Crippen LogP contribution in [-0.4, -0.2) is 18.4 Å². The molecule has 0 radical (unpaired) electrons. The van der Waals surface area contributed by atoms with Crippen molar-refractivity contribution in [2.45, 2.75) is 13.1 Å². The fourth-order valence-corrected chi connectivity index (χ4v) is 3.13. The number of benzene rings is 2. The molecular weight excluding hydrogens is 381 g/mol. The van der Waals surface area contributed by atoms with Crippen molar-refractivity contribution in [2.75, 3.05) is 16.3 Å². The molecule has 1 heterocycles. The molecule has 0 bridgehead atoms. The number of nitrogens with zero attached hydrogens (tertiary/aromatic N) is 2. The van der Waals surface area contributed by atoms with Crippen LogP contribution in [0.4, 0.5) is 24.5 Å². The second-order valence-electron chi connectivity index (χ2n) is 5.74. The van der Waals surface area contributed by atoms with Gasteiger partial charge in [-0.15, -0.1) is 0 Å². The number of alkyl halides is 3. The molecule has 1 aliphatic heterocycles. The second kappa shape index (κ2) is 7.08. The van der Waals surface area contributed by atoms with Crippen LogP contribution in [0.3, 0.4) is 0 Å². The van der Waals surface area contributed by atoms with Gasteiger partial charge in [0.05, 0.1) is 11.3 Å². The summed E-state index contributed by atoms with van der Waals surface area (Å²) in [4.78, 5) is 27.7. The molecule has 0 aromatic heterocycles. The van der Waals surface area contributed by atoms with E-state index in [1.54, 1.807) is 42.2 Å². The Morgan fingerprint density at radius 3 is 2.26 bits per heavy atom. The van der Waals surface area contributed by atoms with Crippen molar-refractivity contribution in [3.63, 3.8) is 0 Å². The van der Waals surface area contributed by atoms with E-state index in [9.17, 15) is 22.8 Å². The summed E-state index contributed by atoms with van der Waals surface area (Å²) in [6.07, 6.45) is -4.60. The Morgan fingerprint density at radius 2 is 1.67 bits per heavy atom. The van der Waals surface area contributed by atoms with Crippen LogP contribution in [0.2, 0.25) is 0 Å². The predicted molar refractivity (Wildman–Crippen MR) is 96.3 cm³/mol. The SMILES string of the molecule is CCN(C1=C(Cl)C(=O)N(c2cccc(C(F)(F)F)c2)C1=O)c1ccccc1. The Hall–Kier alpha value is -2.80. The van der Waals surface area contributed by atoms with Crippen molar-refractivity contribution < 1.29 is 22.8 Å². The number of carbonyl (C=O) groups is 2. The highest BCUT2D eigenvalue weighted by molar-refractivity contribution is 6.53. The maximum atomic E-state index is 13.0. The van der Waals surface area contributed by atoms with E-state index in [1.165, 1.54) is 6.07 Å². The number of anilines is 2. The van der Waals surface area contributed by atoms with Crippen molar-refractivity contribution in [2.24, 2.45) is 0 Å². The van der Waals surface area contributed by atoms with Crippen molar-refractivity contribution in [1.29, 1.82) is 0 Å². The first-order chi connectivity index (χ1) is 12.8. The topological polar surface area (TPSA) is 40.6 Å². The molecule has 0 N–H and O–H groups in total. The van der Waals surface area contributed by atoms with E-state index >= 15 is 0 Å². The fourth-order valence-electron chi connectivity index (χ4n) is 2.86. The van der Waals surface area contributed by atoms with Gasteiger partial charge in [-0.1, -0.05) is 35.9 Å². The van der Waals surface area contributed by atoms with E-state index < -0.39 is 23.6 Å². The average molecular weight is 395 g/mol. The van der Waals surface area contributed by atoms with Crippen LogP contribution in [0.15, 0.2) is 65.3 Å². The third-order valence-electron chi connectivity index (χ3n) is 4.09. The Labute approximate surface area is 158 Å². The molecule has 0 saturated carbocycles. The lowest BCUT2D eigenvalue weighted by Gasteiger charge is -2.24. The molecule has 0 saturated heterocycles. The number of halogens is 4. The monoisotopic (exact) mass is 394 g/mol. The Kier molecular flexibility index (Phi) is 4.97. The molecule has 2 amide bonds. The minimum atomic E-state index is -4.60. The third kappa shape index (κ3) is 3.42. The normalized spacial score (nSPS) is 14.9. The summed E-state index contributed by atoms with van der Waals surface area (Å²) in [5, 5.41) is -0.330. The summed E-state index contributed by atoms with van der Waals surface area (Å²) in [6, 6.07) is 12.8. The minimum Gasteiger partial charge on any atom is -0.336 e. The molecule has 1 aliphatic rings. The number of hydrogen-bond acceptors (Lipinski definition) is 3. The van der Waals surface area contributed by atoms with Gasteiger partial charge < -0.3 is 4.90 Å². The Bertz CT molecular complexity index is 926. The largest absolute Gasteiger partial charge is 0.416 e. The molecule has 0 fully saturated rings. The number of imide groups is 1. The molecule has 0 unspecified atom stereocenters. The first kappa shape index (κ1) is 19.0. The van der Waals surface area contributed by atoms with Gasteiger partial charge in [-0.05, 0) is 37.3 Å². The lowest BCUT2D eigenvalue weighted by Crippen LogP contribution is -2.35. The van der Waals surface area contributed by atoms with Crippen molar-refractivity contribution >= 4 is 34.8 Å². The van der Waals surface area contributed by atoms with Gasteiger partial charge in [0.2, 0.25) is 0 Å². The molecule has 2 aromatic carbocycles. The van der Waals surface area contributed by atoms with Gasteiger partial charge in [-0.3, -0.25) is 9.59 Å². The van der Waals surface area contributed by atoms with Crippen LogP contribution in [0, 0.1) is 0 Å². The van der Waals surface area contributed by atoms with Crippen LogP contribution >= 0.6 is 11.6 Å². The third-order valence-corrected chi connectivity index (χ3v) is 4.43. The van der Waals surface area contributed by atoms with Crippen LogP contribution in [0.5, 0.6) is 0 Å². The standard InChI is InChI=1S/C19H14ClF3N2O2/c1-2-24(13-8-4-3-5-9-13)16-15(20)17(26)25(18(16)27)14-10-6-7-12(11-14)19(21,22)23/h3-11H,2H2,1H3. The molecule has 4 nitrogen and oxygen atoms in total. The summed E-state index contributed by atoms with van der Waals surface area (Å²) in [5.41, 5.74) is -0.564. The number of carbonyl (C=O) groups excluding carboxylic acids is 2. The molecule has 0 aliphatic carbocycles. The maximum Gasteiger partial charge on any atom is 0.416 e. The average Bonchev–Trinajstić information content (AvgIpc) is 2.86. The summed E-state index contributed by atoms with van der Waals surface area (Å²) in [6.45, 7) is 2.11. The van der Waals surface area contributed by atoms with Crippen LogP contribution in [0.25, 0.3) is 0 Å². The first-order valence-corrected chi connectivity index (χ1v) is 8.42. The molecular formula is C19H14ClF3N2O2. The lowest BCUT2D eigenvalue weighted by molar-refractivity contribution is -0.137. The smallest absolute Gasteiger partial charge is 0.336 e. The molecule has 0 spiro atoms. The van der Waals surface area contributed by atoms with Crippen molar-refractivity contribution in [1.82, 2.24) is 0 Å². The first-order valence-electron chi connectivity index (χ1n) is 8.04. The van der Waals surface area contributed by atoms with Crippen molar-refractivity contribution in [3.8, 4) is 0 Å². The molecule has 27 heavy (non-hydrogen) atoms. The molecule has 2 aromatic rings. The maximum absolute atomic E-state index is 13.0. The van der Waals surface area contributed by atoms with Crippen LogP contribution in [0.1, 0.15) is 12.5 Å². The molecule has 8 heteroatoms. The van der Waals surface area contributed by atoms with Gasteiger partial charge in [-0.25, -0.2) is 4.90 Å². The highest BCUT2D eigenvalue weighted by Gasteiger charge is 2.42. The summed E-state index contributed by atoms with van der Waals surface area (Å²) >= 11 is 6.12. The number of amides is 2. The van der Waals surface area contributed by atoms with Crippen LogP contribution < -0.4 is 9.80 Å². The lowest BCUT2D eigenvalue weighted by atomic mass is 10.2. The highest BCUT2D eigenvalue weighted by Crippen LogP contribution is 2.36. The zero-order valence-corrected chi connectivity index (χ0v) is 14.9. The summed E-state index contributed by atoms with van der Waals surface area (Å²) in [7, 11) is 0. The highest BCUT2D eigenvalue weighted by atomic mass is 35.5. The fraction of sp³-hybridized carbons (Fsp3) is 0.158. The number of hydrogen-bond donors (Lipinski definition) is 0. The van der Waals surface area contributed by atoms with Gasteiger partial charge >= 0.3 is 6.18 Å².